The lowest BCUT2D eigenvalue weighted by atomic mass is 10.1. The van der Waals surface area contributed by atoms with E-state index in [0.29, 0.717) is 11.8 Å². The van der Waals surface area contributed by atoms with Crippen LogP contribution in [0.3, 0.4) is 0 Å². The molecule has 1 unspecified atom stereocenters. The predicted molar refractivity (Wildman–Crippen MR) is 80.4 cm³/mol. The third-order valence-electron chi connectivity index (χ3n) is 2.59. The zero-order valence-corrected chi connectivity index (χ0v) is 11.2. The molecule has 2 rings (SSSR count). The monoisotopic (exact) mass is 271 g/mol. The van der Waals surface area contributed by atoms with E-state index in [1.165, 1.54) is 0 Å². The number of rotatable bonds is 3. The summed E-state index contributed by atoms with van der Waals surface area (Å²) in [5.74, 6) is 0.758. The zero-order valence-electron chi connectivity index (χ0n) is 11.2. The van der Waals surface area contributed by atoms with Crippen molar-refractivity contribution in [2.24, 2.45) is 21.5 Å². The van der Waals surface area contributed by atoms with Gasteiger partial charge in [0.25, 0.3) is 0 Å². The van der Waals surface area contributed by atoms with Gasteiger partial charge in [-0.25, -0.2) is 4.99 Å². The van der Waals surface area contributed by atoms with Crippen molar-refractivity contribution in [3.63, 3.8) is 0 Å². The molecular formula is C14H17N5O. The normalized spacial score (nSPS) is 12.8. The Kier molecular flexibility index (Phi) is 4.39. The SMILES string of the molecule is CC(N=C(N=C(N)N)Nc1ccco1)c1ccccc1. The molecule has 1 aromatic carbocycles. The maximum Gasteiger partial charge on any atom is 0.228 e. The molecule has 0 saturated heterocycles. The number of hydrogen-bond acceptors (Lipinski definition) is 2. The molecule has 2 aromatic rings. The fourth-order valence-electron chi connectivity index (χ4n) is 1.66. The topological polar surface area (TPSA) is 102 Å². The Balaban J connectivity index is 2.21. The summed E-state index contributed by atoms with van der Waals surface area (Å²) in [6.45, 7) is 1.96. The van der Waals surface area contributed by atoms with E-state index in [4.69, 9.17) is 15.9 Å². The Morgan fingerprint density at radius 3 is 2.50 bits per heavy atom. The van der Waals surface area contributed by atoms with E-state index in [1.54, 1.807) is 18.4 Å². The van der Waals surface area contributed by atoms with Crippen molar-refractivity contribution in [3.8, 4) is 0 Å². The van der Waals surface area contributed by atoms with Crippen LogP contribution in [-0.4, -0.2) is 11.9 Å². The van der Waals surface area contributed by atoms with Crippen LogP contribution in [0.5, 0.6) is 0 Å². The van der Waals surface area contributed by atoms with Crippen LogP contribution in [0.15, 0.2) is 63.1 Å². The molecule has 0 bridgehead atoms. The van der Waals surface area contributed by atoms with Crippen molar-refractivity contribution in [2.75, 3.05) is 5.32 Å². The van der Waals surface area contributed by atoms with Gasteiger partial charge >= 0.3 is 0 Å². The molecule has 0 aliphatic rings. The average Bonchev–Trinajstić information content (AvgIpc) is 2.91. The van der Waals surface area contributed by atoms with Gasteiger partial charge in [-0.2, -0.15) is 4.99 Å². The van der Waals surface area contributed by atoms with Gasteiger partial charge in [0.15, 0.2) is 11.8 Å². The van der Waals surface area contributed by atoms with Gasteiger partial charge in [-0.1, -0.05) is 30.3 Å². The number of nitrogens with one attached hydrogen (secondary N) is 1. The van der Waals surface area contributed by atoms with E-state index in [9.17, 15) is 0 Å². The minimum Gasteiger partial charge on any atom is -0.449 e. The first-order valence-corrected chi connectivity index (χ1v) is 6.18. The molecule has 1 atom stereocenters. The summed E-state index contributed by atoms with van der Waals surface area (Å²) in [6.07, 6.45) is 1.55. The molecule has 20 heavy (non-hydrogen) atoms. The smallest absolute Gasteiger partial charge is 0.228 e. The van der Waals surface area contributed by atoms with Crippen molar-refractivity contribution in [2.45, 2.75) is 13.0 Å². The number of hydrogen-bond donors (Lipinski definition) is 3. The van der Waals surface area contributed by atoms with Crippen LogP contribution in [0.1, 0.15) is 18.5 Å². The summed E-state index contributed by atoms with van der Waals surface area (Å²) in [5.41, 5.74) is 11.9. The lowest BCUT2D eigenvalue weighted by Gasteiger charge is -2.09. The van der Waals surface area contributed by atoms with Gasteiger partial charge in [0.1, 0.15) is 0 Å². The fraction of sp³-hybridized carbons (Fsp3) is 0.143. The Hall–Kier alpha value is -2.76. The Morgan fingerprint density at radius 1 is 1.15 bits per heavy atom. The molecule has 0 saturated carbocycles. The van der Waals surface area contributed by atoms with E-state index < -0.39 is 0 Å². The zero-order chi connectivity index (χ0) is 14.4. The molecule has 6 heteroatoms. The number of benzene rings is 1. The van der Waals surface area contributed by atoms with Crippen molar-refractivity contribution in [3.05, 3.63) is 54.3 Å². The largest absolute Gasteiger partial charge is 0.449 e. The van der Waals surface area contributed by atoms with Gasteiger partial charge in [-0.15, -0.1) is 0 Å². The first kappa shape index (κ1) is 13.7. The van der Waals surface area contributed by atoms with Crippen molar-refractivity contribution in [1.29, 1.82) is 0 Å². The third kappa shape index (κ3) is 3.88. The molecule has 0 aliphatic heterocycles. The lowest BCUT2D eigenvalue weighted by Crippen LogP contribution is -2.26. The Labute approximate surface area is 117 Å². The highest BCUT2D eigenvalue weighted by Gasteiger charge is 2.07. The fourth-order valence-corrected chi connectivity index (χ4v) is 1.66. The van der Waals surface area contributed by atoms with Gasteiger partial charge < -0.3 is 15.9 Å². The quantitative estimate of drug-likeness (QED) is 0.587. The molecule has 5 N–H and O–H groups in total. The highest BCUT2D eigenvalue weighted by atomic mass is 16.3. The minimum absolute atomic E-state index is 0.0666. The summed E-state index contributed by atoms with van der Waals surface area (Å²) in [7, 11) is 0. The van der Waals surface area contributed by atoms with Crippen LogP contribution in [-0.2, 0) is 0 Å². The number of anilines is 1. The van der Waals surface area contributed by atoms with E-state index in [1.807, 2.05) is 37.3 Å². The molecule has 0 aliphatic carbocycles. The number of furan rings is 1. The second-order valence-corrected chi connectivity index (χ2v) is 4.18. The number of nitrogens with two attached hydrogens (primary N) is 2. The maximum atomic E-state index is 5.41. The van der Waals surface area contributed by atoms with Gasteiger partial charge in [0.2, 0.25) is 5.96 Å². The summed E-state index contributed by atoms with van der Waals surface area (Å²) < 4.78 is 5.19. The van der Waals surface area contributed by atoms with Crippen LogP contribution in [0.25, 0.3) is 0 Å². The van der Waals surface area contributed by atoms with Crippen LogP contribution in [0.4, 0.5) is 5.88 Å². The molecule has 1 heterocycles. The first-order valence-electron chi connectivity index (χ1n) is 6.18. The molecule has 104 valence electrons. The molecule has 0 fully saturated rings. The summed E-state index contributed by atoms with van der Waals surface area (Å²) in [5, 5.41) is 2.93. The second-order valence-electron chi connectivity index (χ2n) is 4.18. The van der Waals surface area contributed by atoms with Crippen molar-refractivity contribution in [1.82, 2.24) is 0 Å². The second kappa shape index (κ2) is 6.42. The Bertz CT molecular complexity index is 585. The highest BCUT2D eigenvalue weighted by molar-refractivity contribution is 6.00. The maximum absolute atomic E-state index is 5.41. The van der Waals surface area contributed by atoms with Gasteiger partial charge in [0.05, 0.1) is 12.3 Å². The van der Waals surface area contributed by atoms with Crippen LogP contribution < -0.4 is 16.8 Å². The van der Waals surface area contributed by atoms with Gasteiger partial charge in [0, 0.05) is 6.07 Å². The van der Waals surface area contributed by atoms with Gasteiger partial charge in [-0.3, -0.25) is 5.32 Å². The highest BCUT2D eigenvalue weighted by Crippen LogP contribution is 2.17. The van der Waals surface area contributed by atoms with Crippen molar-refractivity contribution < 1.29 is 4.42 Å². The van der Waals surface area contributed by atoms with E-state index >= 15 is 0 Å². The minimum atomic E-state index is -0.0863. The number of aliphatic imine (C=N–C) groups is 2. The molecule has 1 aromatic heterocycles. The Morgan fingerprint density at radius 2 is 1.90 bits per heavy atom. The standard InChI is InChI=1S/C14H17N5O/c1-10(11-6-3-2-4-7-11)17-14(19-13(15)16)18-12-8-5-9-20-12/h2-10H,1H3,(H5,15,16,17,18,19). The van der Waals surface area contributed by atoms with Crippen molar-refractivity contribution >= 4 is 17.8 Å². The summed E-state index contributed by atoms with van der Waals surface area (Å²) in [6, 6.07) is 13.3. The first-order chi connectivity index (χ1) is 9.65. The molecule has 0 amide bonds. The summed E-state index contributed by atoms with van der Waals surface area (Å²) in [4.78, 5) is 8.43. The lowest BCUT2D eigenvalue weighted by molar-refractivity contribution is 0.586. The molecular weight excluding hydrogens is 254 g/mol. The summed E-state index contributed by atoms with van der Waals surface area (Å²) >= 11 is 0. The molecule has 0 spiro atoms. The number of nitrogens with zero attached hydrogens (tertiary/aromatic N) is 2. The third-order valence-corrected chi connectivity index (χ3v) is 2.59. The van der Waals surface area contributed by atoms with Crippen LogP contribution >= 0.6 is 0 Å². The molecule has 0 radical (unpaired) electrons. The molecule has 6 nitrogen and oxygen atoms in total. The van der Waals surface area contributed by atoms with Gasteiger partial charge in [-0.05, 0) is 18.6 Å². The number of guanidine groups is 2. The van der Waals surface area contributed by atoms with E-state index in [0.717, 1.165) is 5.56 Å². The van der Waals surface area contributed by atoms with E-state index in [2.05, 4.69) is 15.3 Å². The average molecular weight is 271 g/mol. The van der Waals surface area contributed by atoms with Crippen LogP contribution in [0.2, 0.25) is 0 Å². The van der Waals surface area contributed by atoms with Crippen LogP contribution in [0, 0.1) is 0 Å². The predicted octanol–water partition coefficient (Wildman–Crippen LogP) is 2.08. The van der Waals surface area contributed by atoms with E-state index in [-0.39, 0.29) is 12.0 Å².